The van der Waals surface area contributed by atoms with E-state index >= 15 is 0 Å². The standard InChI is InChI=1S/C24H20ClN3O5/c1-32-20-12-8-16(9-13-20)23(30)26-15-22(29)28-27-14-18-4-2-3-5-21(18)33-24(31)17-6-10-19(25)11-7-17/h2-14H,15H2,1H3,(H,26,30)(H,28,29)/b27-14+. The summed E-state index contributed by atoms with van der Waals surface area (Å²) in [7, 11) is 1.53. The number of hydrogen-bond donors (Lipinski definition) is 2. The second-order valence-electron chi connectivity index (χ2n) is 6.64. The molecule has 168 valence electrons. The fraction of sp³-hybridized carbons (Fsp3) is 0.0833. The SMILES string of the molecule is COc1ccc(C(=O)NCC(=O)N/N=C/c2ccccc2OC(=O)c2ccc(Cl)cc2)cc1. The lowest BCUT2D eigenvalue weighted by Crippen LogP contribution is -2.34. The third kappa shape index (κ3) is 6.91. The number of rotatable bonds is 8. The second kappa shape index (κ2) is 11.4. The van der Waals surface area contributed by atoms with E-state index in [-0.39, 0.29) is 12.3 Å². The van der Waals surface area contributed by atoms with Crippen molar-refractivity contribution in [2.75, 3.05) is 13.7 Å². The van der Waals surface area contributed by atoms with Gasteiger partial charge in [0.15, 0.2) is 0 Å². The first-order valence-electron chi connectivity index (χ1n) is 9.77. The summed E-state index contributed by atoms with van der Waals surface area (Å²) in [5.41, 5.74) is 3.52. The molecule has 0 spiro atoms. The third-order valence-corrected chi connectivity index (χ3v) is 4.61. The van der Waals surface area contributed by atoms with Gasteiger partial charge in [-0.1, -0.05) is 23.7 Å². The van der Waals surface area contributed by atoms with Gasteiger partial charge < -0.3 is 14.8 Å². The molecule has 2 N–H and O–H groups in total. The Morgan fingerprint density at radius 1 is 0.939 bits per heavy atom. The minimum absolute atomic E-state index is 0.267. The van der Waals surface area contributed by atoms with Crippen molar-refractivity contribution in [1.29, 1.82) is 0 Å². The van der Waals surface area contributed by atoms with Crippen LogP contribution in [0.15, 0.2) is 77.9 Å². The molecule has 3 aromatic rings. The van der Waals surface area contributed by atoms with Crippen molar-refractivity contribution in [3.63, 3.8) is 0 Å². The van der Waals surface area contributed by atoms with Crippen LogP contribution in [0, 0.1) is 0 Å². The number of carbonyl (C=O) groups is 3. The highest BCUT2D eigenvalue weighted by Gasteiger charge is 2.11. The predicted molar refractivity (Wildman–Crippen MR) is 124 cm³/mol. The molecule has 0 aliphatic heterocycles. The highest BCUT2D eigenvalue weighted by Crippen LogP contribution is 2.18. The largest absolute Gasteiger partial charge is 0.497 e. The number of carbonyl (C=O) groups excluding carboxylic acids is 3. The molecular weight excluding hydrogens is 446 g/mol. The lowest BCUT2D eigenvalue weighted by atomic mass is 10.2. The van der Waals surface area contributed by atoms with Crippen molar-refractivity contribution in [2.45, 2.75) is 0 Å². The van der Waals surface area contributed by atoms with Gasteiger partial charge in [0.1, 0.15) is 11.5 Å². The molecule has 0 saturated carbocycles. The molecule has 3 aromatic carbocycles. The summed E-state index contributed by atoms with van der Waals surface area (Å²) in [4.78, 5) is 36.4. The molecule has 0 saturated heterocycles. The summed E-state index contributed by atoms with van der Waals surface area (Å²) in [6.45, 7) is -0.268. The average molecular weight is 466 g/mol. The molecule has 0 fully saturated rings. The summed E-state index contributed by atoms with van der Waals surface area (Å²) in [5.74, 6) is -0.598. The predicted octanol–water partition coefficient (Wildman–Crippen LogP) is 3.45. The molecule has 2 amide bonds. The summed E-state index contributed by atoms with van der Waals surface area (Å²) >= 11 is 5.83. The number of nitrogens with zero attached hydrogens (tertiary/aromatic N) is 1. The van der Waals surface area contributed by atoms with Gasteiger partial charge in [-0.15, -0.1) is 0 Å². The summed E-state index contributed by atoms with van der Waals surface area (Å²) in [6.07, 6.45) is 1.34. The van der Waals surface area contributed by atoms with E-state index in [1.165, 1.54) is 13.3 Å². The smallest absolute Gasteiger partial charge is 0.343 e. The first-order chi connectivity index (χ1) is 16.0. The first-order valence-corrected chi connectivity index (χ1v) is 10.1. The van der Waals surface area contributed by atoms with Gasteiger partial charge in [0.05, 0.1) is 25.4 Å². The van der Waals surface area contributed by atoms with Crippen molar-refractivity contribution < 1.29 is 23.9 Å². The minimum Gasteiger partial charge on any atom is -0.497 e. The van der Waals surface area contributed by atoms with Crippen LogP contribution in [0.4, 0.5) is 0 Å². The zero-order valence-electron chi connectivity index (χ0n) is 17.6. The molecule has 0 aliphatic carbocycles. The number of nitrogens with one attached hydrogen (secondary N) is 2. The molecule has 0 atom stereocenters. The Kier molecular flexibility index (Phi) is 8.15. The summed E-state index contributed by atoms with van der Waals surface area (Å²) in [6, 6.07) is 19.5. The van der Waals surface area contributed by atoms with Crippen LogP contribution in [-0.2, 0) is 4.79 Å². The molecule has 3 rings (SSSR count). The maximum Gasteiger partial charge on any atom is 0.343 e. The molecule has 0 radical (unpaired) electrons. The molecule has 0 heterocycles. The topological polar surface area (TPSA) is 106 Å². The molecule has 0 aromatic heterocycles. The van der Waals surface area contributed by atoms with Gasteiger partial charge in [-0.05, 0) is 60.7 Å². The second-order valence-corrected chi connectivity index (χ2v) is 7.08. The van der Waals surface area contributed by atoms with E-state index in [4.69, 9.17) is 21.1 Å². The number of methoxy groups -OCH3 is 1. The first kappa shape index (κ1) is 23.5. The van der Waals surface area contributed by atoms with Crippen LogP contribution in [0.2, 0.25) is 5.02 Å². The fourth-order valence-corrected chi connectivity index (χ4v) is 2.77. The zero-order valence-corrected chi connectivity index (χ0v) is 18.3. The van der Waals surface area contributed by atoms with Crippen LogP contribution in [-0.4, -0.2) is 37.7 Å². The number of para-hydroxylation sites is 1. The Labute approximate surface area is 195 Å². The van der Waals surface area contributed by atoms with E-state index < -0.39 is 17.8 Å². The maximum atomic E-state index is 12.3. The maximum absolute atomic E-state index is 12.3. The Morgan fingerprint density at radius 3 is 2.30 bits per heavy atom. The van der Waals surface area contributed by atoms with E-state index in [1.807, 2.05) is 0 Å². The molecular formula is C24H20ClN3O5. The van der Waals surface area contributed by atoms with Crippen molar-refractivity contribution in [3.05, 3.63) is 94.5 Å². The molecule has 33 heavy (non-hydrogen) atoms. The molecule has 9 heteroatoms. The number of halogens is 1. The van der Waals surface area contributed by atoms with Crippen molar-refractivity contribution >= 4 is 35.6 Å². The number of hydrazone groups is 1. The number of hydrogen-bond acceptors (Lipinski definition) is 6. The van der Waals surface area contributed by atoms with Crippen LogP contribution in [0.5, 0.6) is 11.5 Å². The minimum atomic E-state index is -0.558. The van der Waals surface area contributed by atoms with Crippen LogP contribution >= 0.6 is 11.6 Å². The van der Waals surface area contributed by atoms with Crippen molar-refractivity contribution in [3.8, 4) is 11.5 Å². The van der Waals surface area contributed by atoms with E-state index in [9.17, 15) is 14.4 Å². The van der Waals surface area contributed by atoms with Gasteiger partial charge in [0.25, 0.3) is 11.8 Å². The van der Waals surface area contributed by atoms with E-state index in [2.05, 4.69) is 15.8 Å². The average Bonchev–Trinajstić information content (AvgIpc) is 2.84. The molecule has 8 nitrogen and oxygen atoms in total. The van der Waals surface area contributed by atoms with Crippen molar-refractivity contribution in [2.24, 2.45) is 5.10 Å². The highest BCUT2D eigenvalue weighted by molar-refractivity contribution is 6.30. The van der Waals surface area contributed by atoms with Crippen LogP contribution in [0.3, 0.4) is 0 Å². The highest BCUT2D eigenvalue weighted by atomic mass is 35.5. The third-order valence-electron chi connectivity index (χ3n) is 4.36. The van der Waals surface area contributed by atoms with E-state index in [1.54, 1.807) is 72.8 Å². The zero-order chi connectivity index (χ0) is 23.6. The van der Waals surface area contributed by atoms with Gasteiger partial charge >= 0.3 is 5.97 Å². The van der Waals surface area contributed by atoms with Gasteiger partial charge in [0.2, 0.25) is 0 Å². The van der Waals surface area contributed by atoms with Crippen molar-refractivity contribution in [1.82, 2.24) is 10.7 Å². The van der Waals surface area contributed by atoms with Crippen LogP contribution in [0.25, 0.3) is 0 Å². The van der Waals surface area contributed by atoms with Gasteiger partial charge in [-0.3, -0.25) is 9.59 Å². The van der Waals surface area contributed by atoms with E-state index in [0.717, 1.165) is 0 Å². The number of amides is 2. The number of esters is 1. The Morgan fingerprint density at radius 2 is 1.61 bits per heavy atom. The lowest BCUT2D eigenvalue weighted by molar-refractivity contribution is -0.120. The quantitative estimate of drug-likeness (QED) is 0.229. The van der Waals surface area contributed by atoms with Gasteiger partial charge in [-0.2, -0.15) is 5.10 Å². The summed E-state index contributed by atoms with van der Waals surface area (Å²) < 4.78 is 10.5. The summed E-state index contributed by atoms with van der Waals surface area (Å²) in [5, 5.41) is 6.88. The molecule has 0 aliphatic rings. The Hall–Kier alpha value is -4.17. The Balaban J connectivity index is 1.53. The lowest BCUT2D eigenvalue weighted by Gasteiger charge is -2.07. The Bertz CT molecular complexity index is 1160. The number of ether oxygens (including phenoxy) is 2. The van der Waals surface area contributed by atoms with Gasteiger partial charge in [0, 0.05) is 16.1 Å². The van der Waals surface area contributed by atoms with E-state index in [0.29, 0.717) is 27.5 Å². The molecule has 0 unspecified atom stereocenters. The molecule has 0 bridgehead atoms. The normalized spacial score (nSPS) is 10.5. The van der Waals surface area contributed by atoms with Crippen LogP contribution in [0.1, 0.15) is 26.3 Å². The fourth-order valence-electron chi connectivity index (χ4n) is 2.64. The van der Waals surface area contributed by atoms with Crippen LogP contribution < -0.4 is 20.2 Å². The number of benzene rings is 3. The monoisotopic (exact) mass is 465 g/mol. The van der Waals surface area contributed by atoms with Gasteiger partial charge in [-0.25, -0.2) is 10.2 Å².